The summed E-state index contributed by atoms with van der Waals surface area (Å²) in [5.74, 6) is 1.57. The maximum atomic E-state index is 12.4. The van der Waals surface area contributed by atoms with Crippen molar-refractivity contribution in [2.75, 3.05) is 26.1 Å². The molecule has 3 aromatic rings. The van der Waals surface area contributed by atoms with E-state index < -0.39 is 6.03 Å². The Labute approximate surface area is 168 Å². The van der Waals surface area contributed by atoms with Gasteiger partial charge in [-0.25, -0.2) is 9.48 Å². The van der Waals surface area contributed by atoms with Crippen molar-refractivity contribution < 1.29 is 19.0 Å². The first-order valence-corrected chi connectivity index (χ1v) is 9.00. The van der Waals surface area contributed by atoms with Gasteiger partial charge in [-0.05, 0) is 31.2 Å². The average Bonchev–Trinajstić information content (AvgIpc) is 2.75. The number of ether oxygens (including phenoxy) is 3. The number of carbonyl (C=O) groups is 1. The number of nitrogens with zero attached hydrogens (tertiary/aromatic N) is 3. The van der Waals surface area contributed by atoms with Crippen LogP contribution in [0.4, 0.5) is 10.5 Å². The molecule has 1 N–H and O–H groups in total. The Morgan fingerprint density at radius 3 is 2.59 bits per heavy atom. The van der Waals surface area contributed by atoms with Crippen LogP contribution >= 0.6 is 0 Å². The summed E-state index contributed by atoms with van der Waals surface area (Å²) in [6, 6.07) is 15.7. The summed E-state index contributed by atoms with van der Waals surface area (Å²) in [5.41, 5.74) is 1.32. The van der Waals surface area contributed by atoms with Gasteiger partial charge in [-0.3, -0.25) is 0 Å². The fraction of sp³-hybridized carbons (Fsp3) is 0.190. The quantitative estimate of drug-likeness (QED) is 0.692. The number of urea groups is 1. The Hall–Kier alpha value is -3.81. The van der Waals surface area contributed by atoms with E-state index in [1.54, 1.807) is 36.1 Å². The van der Waals surface area contributed by atoms with E-state index in [0.717, 1.165) is 5.69 Å². The Morgan fingerprint density at radius 1 is 1.10 bits per heavy atom. The maximum Gasteiger partial charge on any atom is 0.346 e. The molecule has 0 atom stereocenters. The van der Waals surface area contributed by atoms with Crippen LogP contribution in [0.2, 0.25) is 0 Å². The van der Waals surface area contributed by atoms with E-state index in [0.29, 0.717) is 35.0 Å². The van der Waals surface area contributed by atoms with Crippen molar-refractivity contribution in [1.82, 2.24) is 9.78 Å². The van der Waals surface area contributed by atoms with Crippen LogP contribution in [0.3, 0.4) is 0 Å². The normalized spacial score (nSPS) is 11.1. The summed E-state index contributed by atoms with van der Waals surface area (Å²) >= 11 is 0. The molecule has 0 spiro atoms. The Balaban J connectivity index is 1.88. The lowest BCUT2D eigenvalue weighted by molar-refractivity contribution is 0.258. The zero-order chi connectivity index (χ0) is 20.6. The first kappa shape index (κ1) is 19.9. The molecule has 0 aliphatic rings. The Kier molecular flexibility index (Phi) is 6.47. The molecule has 0 fully saturated rings. The second-order valence-electron chi connectivity index (χ2n) is 5.84. The second kappa shape index (κ2) is 9.41. The molecule has 0 aliphatic carbocycles. The van der Waals surface area contributed by atoms with Crippen molar-refractivity contribution in [3.05, 3.63) is 66.2 Å². The van der Waals surface area contributed by atoms with Gasteiger partial charge in [-0.2, -0.15) is 10.1 Å². The number of nitrogens with one attached hydrogen (secondary N) is 1. The number of carbonyl (C=O) groups excluding carboxylic acids is 1. The van der Waals surface area contributed by atoms with Crippen molar-refractivity contribution >= 4 is 11.7 Å². The fourth-order valence-corrected chi connectivity index (χ4v) is 2.64. The van der Waals surface area contributed by atoms with Gasteiger partial charge in [0, 0.05) is 12.1 Å². The molecule has 0 saturated heterocycles. The molecule has 3 rings (SSSR count). The van der Waals surface area contributed by atoms with Gasteiger partial charge in [0.05, 0.1) is 43.8 Å². The van der Waals surface area contributed by atoms with Gasteiger partial charge in [-0.1, -0.05) is 18.2 Å². The first-order valence-electron chi connectivity index (χ1n) is 9.00. The van der Waals surface area contributed by atoms with Crippen molar-refractivity contribution in [3.8, 4) is 23.1 Å². The zero-order valence-electron chi connectivity index (χ0n) is 16.5. The lowest BCUT2D eigenvalue weighted by Crippen LogP contribution is -2.17. The lowest BCUT2D eigenvalue weighted by Gasteiger charge is -2.12. The fourth-order valence-electron chi connectivity index (χ4n) is 2.64. The second-order valence-corrected chi connectivity index (χ2v) is 5.84. The average molecular weight is 394 g/mol. The molecule has 8 heteroatoms. The molecule has 0 unspecified atom stereocenters. The largest absolute Gasteiger partial charge is 0.497 e. The van der Waals surface area contributed by atoms with Gasteiger partial charge in [0.2, 0.25) is 5.88 Å². The third kappa shape index (κ3) is 4.92. The molecule has 150 valence electrons. The number of methoxy groups -OCH3 is 2. The number of para-hydroxylation sites is 1. The molecule has 29 heavy (non-hydrogen) atoms. The molecule has 0 saturated carbocycles. The molecular formula is C21H22N4O4. The highest BCUT2D eigenvalue weighted by Gasteiger charge is 2.09. The van der Waals surface area contributed by atoms with E-state index in [1.165, 1.54) is 13.3 Å². The van der Waals surface area contributed by atoms with Gasteiger partial charge in [-0.15, -0.1) is 0 Å². The number of hydrogen-bond donors (Lipinski definition) is 1. The van der Waals surface area contributed by atoms with E-state index in [4.69, 9.17) is 14.2 Å². The van der Waals surface area contributed by atoms with E-state index in [1.807, 2.05) is 37.3 Å². The summed E-state index contributed by atoms with van der Waals surface area (Å²) in [5, 5.41) is 7.42. The molecule has 1 aromatic heterocycles. The molecule has 2 aromatic carbocycles. The molecule has 8 nitrogen and oxygen atoms in total. The summed E-state index contributed by atoms with van der Waals surface area (Å²) < 4.78 is 17.8. The molecular weight excluding hydrogens is 372 g/mol. The number of rotatable bonds is 6. The number of hydrogen-bond acceptors (Lipinski definition) is 5. The highest BCUT2D eigenvalue weighted by atomic mass is 16.5. The smallest absolute Gasteiger partial charge is 0.346 e. The van der Waals surface area contributed by atoms with E-state index in [2.05, 4.69) is 15.4 Å². The van der Waals surface area contributed by atoms with Gasteiger partial charge in [0.15, 0.2) is 0 Å². The zero-order valence-corrected chi connectivity index (χ0v) is 16.5. The van der Waals surface area contributed by atoms with Crippen molar-refractivity contribution in [3.63, 3.8) is 0 Å². The van der Waals surface area contributed by atoms with Crippen LogP contribution in [0.5, 0.6) is 17.4 Å². The number of amides is 2. The summed E-state index contributed by atoms with van der Waals surface area (Å²) in [7, 11) is 3.07. The minimum absolute atomic E-state index is 0.366. The molecule has 0 radical (unpaired) electrons. The van der Waals surface area contributed by atoms with E-state index >= 15 is 0 Å². The van der Waals surface area contributed by atoms with Gasteiger partial charge in [0.25, 0.3) is 0 Å². The van der Waals surface area contributed by atoms with Crippen molar-refractivity contribution in [2.45, 2.75) is 6.92 Å². The number of benzene rings is 2. The van der Waals surface area contributed by atoms with Crippen LogP contribution in [0, 0.1) is 0 Å². The van der Waals surface area contributed by atoms with E-state index in [-0.39, 0.29) is 0 Å². The highest BCUT2D eigenvalue weighted by Crippen LogP contribution is 2.29. The van der Waals surface area contributed by atoms with Crippen LogP contribution in [0.25, 0.3) is 5.69 Å². The summed E-state index contributed by atoms with van der Waals surface area (Å²) in [6.45, 7) is 2.33. The Morgan fingerprint density at radius 2 is 1.90 bits per heavy atom. The standard InChI is InChI=1S/C21H22N4O4/c1-4-29-20-12-15(14-22-25(20)16-8-6-5-7-9-16)23-21(26)24-18-11-10-17(27-2)13-19(18)28-3/h5-14H,4H2,1-3H3,(H,24,26). The predicted octanol–water partition coefficient (Wildman–Crippen LogP) is 3.42. The monoisotopic (exact) mass is 394 g/mol. The van der Waals surface area contributed by atoms with Crippen molar-refractivity contribution in [2.24, 2.45) is 4.99 Å². The first-order chi connectivity index (χ1) is 14.1. The van der Waals surface area contributed by atoms with Crippen LogP contribution in [0.1, 0.15) is 6.92 Å². The predicted molar refractivity (Wildman–Crippen MR) is 109 cm³/mol. The van der Waals surface area contributed by atoms with Crippen molar-refractivity contribution in [1.29, 1.82) is 0 Å². The molecule has 2 amide bonds. The van der Waals surface area contributed by atoms with Crippen LogP contribution in [-0.2, 0) is 0 Å². The van der Waals surface area contributed by atoms with Gasteiger partial charge >= 0.3 is 6.03 Å². The van der Waals surface area contributed by atoms with Gasteiger partial charge < -0.3 is 19.5 Å². The SMILES string of the molecule is CCOc1cc(=NC(=O)Nc2ccc(OC)cc2OC)cnn1-c1ccccc1. The summed E-state index contributed by atoms with van der Waals surface area (Å²) in [4.78, 5) is 16.4. The van der Waals surface area contributed by atoms with Crippen LogP contribution < -0.4 is 24.9 Å². The summed E-state index contributed by atoms with van der Waals surface area (Å²) in [6.07, 6.45) is 1.50. The lowest BCUT2D eigenvalue weighted by atomic mass is 10.2. The highest BCUT2D eigenvalue weighted by molar-refractivity contribution is 5.91. The maximum absolute atomic E-state index is 12.4. The van der Waals surface area contributed by atoms with Crippen LogP contribution in [0.15, 0.2) is 65.8 Å². The van der Waals surface area contributed by atoms with E-state index in [9.17, 15) is 4.79 Å². The Bertz CT molecular complexity index is 1050. The minimum atomic E-state index is -0.560. The van der Waals surface area contributed by atoms with Gasteiger partial charge in [0.1, 0.15) is 11.5 Å². The van der Waals surface area contributed by atoms with Crippen LogP contribution in [-0.4, -0.2) is 36.6 Å². The molecule has 1 heterocycles. The third-order valence-corrected chi connectivity index (χ3v) is 3.96. The number of anilines is 1. The number of aromatic nitrogens is 2. The molecule has 0 aliphatic heterocycles. The topological polar surface area (TPSA) is 87.0 Å². The third-order valence-electron chi connectivity index (χ3n) is 3.96. The molecule has 0 bridgehead atoms. The minimum Gasteiger partial charge on any atom is -0.497 e.